The van der Waals surface area contributed by atoms with Crippen molar-refractivity contribution in [3.05, 3.63) is 93.8 Å². The van der Waals surface area contributed by atoms with Crippen molar-refractivity contribution in [2.24, 2.45) is 0 Å². The Bertz CT molecular complexity index is 1360. The van der Waals surface area contributed by atoms with Gasteiger partial charge in [0.05, 0.1) is 10.5 Å². The first kappa shape index (κ1) is 22.9. The molecule has 1 aromatic heterocycles. The van der Waals surface area contributed by atoms with Crippen LogP contribution in [0.1, 0.15) is 15.9 Å². The molecule has 0 spiro atoms. The van der Waals surface area contributed by atoms with Gasteiger partial charge in [-0.15, -0.1) is 0 Å². The van der Waals surface area contributed by atoms with Crippen molar-refractivity contribution in [3.63, 3.8) is 0 Å². The second-order valence-electron chi connectivity index (χ2n) is 6.94. The van der Waals surface area contributed by atoms with E-state index < -0.39 is 34.9 Å². The van der Waals surface area contributed by atoms with Crippen LogP contribution in [0.3, 0.4) is 0 Å². The number of nitrogens with one attached hydrogen (secondary N) is 1. The SMILES string of the molecule is O=C(COC(=O)c1ccccc1CSc1nc2ccccc2o1)Nc1ccc(F)c([N+](=O)[O-])c1. The topological polar surface area (TPSA) is 125 Å². The summed E-state index contributed by atoms with van der Waals surface area (Å²) in [5.74, 6) is -2.09. The lowest BCUT2D eigenvalue weighted by molar-refractivity contribution is -0.387. The summed E-state index contributed by atoms with van der Waals surface area (Å²) in [5, 5.41) is 13.6. The Kier molecular flexibility index (Phi) is 6.83. The fourth-order valence-corrected chi connectivity index (χ4v) is 3.88. The minimum absolute atomic E-state index is 0.00397. The maximum Gasteiger partial charge on any atom is 0.338 e. The first-order valence-corrected chi connectivity index (χ1v) is 10.9. The number of carbonyl (C=O) groups excluding carboxylic acids is 2. The van der Waals surface area contributed by atoms with Crippen molar-refractivity contribution in [1.82, 2.24) is 4.98 Å². The van der Waals surface area contributed by atoms with E-state index in [4.69, 9.17) is 9.15 Å². The van der Waals surface area contributed by atoms with Crippen molar-refractivity contribution in [2.75, 3.05) is 11.9 Å². The molecule has 0 atom stereocenters. The van der Waals surface area contributed by atoms with Gasteiger partial charge in [-0.1, -0.05) is 42.1 Å². The maximum absolute atomic E-state index is 13.4. The second-order valence-corrected chi connectivity index (χ2v) is 7.87. The lowest BCUT2D eigenvalue weighted by Gasteiger charge is -2.09. The van der Waals surface area contributed by atoms with Gasteiger partial charge in [-0.25, -0.2) is 9.78 Å². The summed E-state index contributed by atoms with van der Waals surface area (Å²) in [6.45, 7) is -0.628. The molecule has 0 aliphatic rings. The highest BCUT2D eigenvalue weighted by Crippen LogP contribution is 2.27. The number of carbonyl (C=O) groups is 2. The number of fused-ring (bicyclic) bond motifs is 1. The standard InChI is InChI=1S/C23H16FN3O6S/c24-17-10-9-15(11-19(17)27(30)31)25-21(28)12-32-22(29)16-6-2-1-5-14(16)13-34-23-26-18-7-3-4-8-20(18)33-23/h1-11H,12-13H2,(H,25,28). The molecule has 4 rings (SSSR count). The van der Waals surface area contributed by atoms with E-state index in [0.29, 0.717) is 22.1 Å². The Morgan fingerprint density at radius 2 is 1.88 bits per heavy atom. The summed E-state index contributed by atoms with van der Waals surface area (Å²) in [4.78, 5) is 39.0. The third-order valence-corrected chi connectivity index (χ3v) is 5.50. The second kappa shape index (κ2) is 10.1. The van der Waals surface area contributed by atoms with E-state index in [-0.39, 0.29) is 11.3 Å². The predicted molar refractivity (Wildman–Crippen MR) is 122 cm³/mol. The molecule has 0 fully saturated rings. The number of nitrogens with zero attached hydrogens (tertiary/aromatic N) is 2. The van der Waals surface area contributed by atoms with E-state index in [0.717, 1.165) is 17.6 Å². The van der Waals surface area contributed by atoms with E-state index in [1.807, 2.05) is 24.3 Å². The largest absolute Gasteiger partial charge is 0.452 e. The maximum atomic E-state index is 13.4. The van der Waals surface area contributed by atoms with E-state index in [1.165, 1.54) is 17.8 Å². The van der Waals surface area contributed by atoms with Crippen LogP contribution in [0.5, 0.6) is 0 Å². The number of amides is 1. The summed E-state index contributed by atoms with van der Waals surface area (Å²) < 4.78 is 24.2. The smallest absolute Gasteiger partial charge is 0.338 e. The number of rotatable bonds is 8. The number of ether oxygens (including phenoxy) is 1. The van der Waals surface area contributed by atoms with Gasteiger partial charge in [0, 0.05) is 17.5 Å². The van der Waals surface area contributed by atoms with Crippen LogP contribution >= 0.6 is 11.8 Å². The Morgan fingerprint density at radius 3 is 2.68 bits per heavy atom. The van der Waals surface area contributed by atoms with Gasteiger partial charge in [0.15, 0.2) is 12.2 Å². The zero-order valence-electron chi connectivity index (χ0n) is 17.4. The molecule has 11 heteroatoms. The zero-order chi connectivity index (χ0) is 24.1. The fraction of sp³-hybridized carbons (Fsp3) is 0.0870. The van der Waals surface area contributed by atoms with Crippen LogP contribution in [0.15, 0.2) is 76.4 Å². The molecule has 0 saturated heterocycles. The Morgan fingerprint density at radius 1 is 1.12 bits per heavy atom. The molecule has 0 radical (unpaired) electrons. The average molecular weight is 481 g/mol. The summed E-state index contributed by atoms with van der Waals surface area (Å²) in [6, 6.07) is 17.0. The highest BCUT2D eigenvalue weighted by molar-refractivity contribution is 7.98. The van der Waals surface area contributed by atoms with E-state index >= 15 is 0 Å². The molecule has 1 amide bonds. The van der Waals surface area contributed by atoms with Crippen LogP contribution in [-0.2, 0) is 15.3 Å². The predicted octanol–water partition coefficient (Wildman–Crippen LogP) is 4.96. The summed E-state index contributed by atoms with van der Waals surface area (Å²) in [6.07, 6.45) is 0. The van der Waals surface area contributed by atoms with E-state index in [2.05, 4.69) is 10.3 Å². The van der Waals surface area contributed by atoms with Gasteiger partial charge < -0.3 is 14.5 Å². The lowest BCUT2D eigenvalue weighted by Crippen LogP contribution is -2.21. The van der Waals surface area contributed by atoms with Crippen molar-refractivity contribution in [3.8, 4) is 0 Å². The summed E-state index contributed by atoms with van der Waals surface area (Å²) in [5.41, 5.74) is 1.56. The zero-order valence-corrected chi connectivity index (χ0v) is 18.2. The van der Waals surface area contributed by atoms with Gasteiger partial charge in [-0.3, -0.25) is 14.9 Å². The van der Waals surface area contributed by atoms with Crippen molar-refractivity contribution >= 4 is 46.1 Å². The quantitative estimate of drug-likeness (QED) is 0.162. The van der Waals surface area contributed by atoms with E-state index in [1.54, 1.807) is 24.3 Å². The van der Waals surface area contributed by atoms with Gasteiger partial charge in [0.25, 0.3) is 11.1 Å². The molecule has 3 aromatic carbocycles. The number of nitro groups is 1. The third-order valence-electron chi connectivity index (χ3n) is 4.62. The molecule has 172 valence electrons. The van der Waals surface area contributed by atoms with Crippen molar-refractivity contribution in [1.29, 1.82) is 0 Å². The normalized spacial score (nSPS) is 10.7. The van der Waals surface area contributed by atoms with E-state index in [9.17, 15) is 24.1 Å². The van der Waals surface area contributed by atoms with Crippen LogP contribution < -0.4 is 5.32 Å². The van der Waals surface area contributed by atoms with Crippen LogP contribution in [0, 0.1) is 15.9 Å². The number of oxazole rings is 1. The Balaban J connectivity index is 1.36. The van der Waals surface area contributed by atoms with Crippen LogP contribution in [0.25, 0.3) is 11.1 Å². The monoisotopic (exact) mass is 481 g/mol. The Hall–Kier alpha value is -4.25. The number of aromatic nitrogens is 1. The van der Waals surface area contributed by atoms with Gasteiger partial charge >= 0.3 is 11.7 Å². The summed E-state index contributed by atoms with van der Waals surface area (Å²) in [7, 11) is 0. The van der Waals surface area contributed by atoms with Gasteiger partial charge in [0.2, 0.25) is 5.82 Å². The van der Waals surface area contributed by atoms with Gasteiger partial charge in [-0.2, -0.15) is 4.39 Å². The van der Waals surface area contributed by atoms with Crippen LogP contribution in [0.2, 0.25) is 0 Å². The molecule has 34 heavy (non-hydrogen) atoms. The number of hydrogen-bond donors (Lipinski definition) is 1. The minimum atomic E-state index is -1.03. The molecular weight excluding hydrogens is 465 g/mol. The first-order chi connectivity index (χ1) is 16.4. The third kappa shape index (κ3) is 5.38. The number of esters is 1. The molecule has 9 nitrogen and oxygen atoms in total. The molecular formula is C23H16FN3O6S. The molecule has 1 heterocycles. The number of anilines is 1. The number of para-hydroxylation sites is 2. The highest BCUT2D eigenvalue weighted by Gasteiger charge is 2.18. The Labute approximate surface area is 196 Å². The van der Waals surface area contributed by atoms with Gasteiger partial charge in [0.1, 0.15) is 5.52 Å². The number of nitro benzene ring substituents is 1. The van der Waals surface area contributed by atoms with Crippen LogP contribution in [-0.4, -0.2) is 28.4 Å². The first-order valence-electron chi connectivity index (χ1n) is 9.88. The molecule has 1 N–H and O–H groups in total. The molecule has 0 aliphatic carbocycles. The molecule has 0 saturated carbocycles. The minimum Gasteiger partial charge on any atom is -0.452 e. The van der Waals surface area contributed by atoms with Crippen LogP contribution in [0.4, 0.5) is 15.8 Å². The number of benzene rings is 3. The molecule has 0 bridgehead atoms. The van der Waals surface area contributed by atoms with Crippen molar-refractivity contribution in [2.45, 2.75) is 11.0 Å². The number of halogens is 1. The van der Waals surface area contributed by atoms with Crippen molar-refractivity contribution < 1.29 is 28.1 Å². The number of hydrogen-bond acceptors (Lipinski definition) is 8. The molecule has 0 unspecified atom stereocenters. The molecule has 0 aliphatic heterocycles. The lowest BCUT2D eigenvalue weighted by atomic mass is 10.1. The molecule has 4 aromatic rings. The average Bonchev–Trinajstić information content (AvgIpc) is 3.25. The summed E-state index contributed by atoms with van der Waals surface area (Å²) >= 11 is 1.31. The number of thioether (sulfide) groups is 1. The van der Waals surface area contributed by atoms with Gasteiger partial charge in [-0.05, 0) is 35.9 Å². The fourth-order valence-electron chi connectivity index (χ4n) is 3.03. The highest BCUT2D eigenvalue weighted by atomic mass is 32.2.